The first-order valence-corrected chi connectivity index (χ1v) is 8.21. The first kappa shape index (κ1) is 20.1. The van der Waals surface area contributed by atoms with Gasteiger partial charge in [-0.2, -0.15) is 0 Å². The van der Waals surface area contributed by atoms with Crippen molar-refractivity contribution in [2.75, 3.05) is 45.0 Å². The molecule has 7 heteroatoms. The zero-order valence-corrected chi connectivity index (χ0v) is 15.2. The van der Waals surface area contributed by atoms with E-state index in [2.05, 4.69) is 0 Å². The number of nitrogen functional groups attached to an aromatic ring is 1. The number of hydrogen-bond acceptors (Lipinski definition) is 3. The number of carbonyl (C=O) groups excluding carboxylic acids is 2. The minimum absolute atomic E-state index is 0. The van der Waals surface area contributed by atoms with Crippen LogP contribution in [-0.2, 0) is 11.2 Å². The smallest absolute Gasteiger partial charge is 0.320 e. The molecule has 1 aliphatic heterocycles. The molecule has 0 spiro atoms. The van der Waals surface area contributed by atoms with Crippen LogP contribution in [-0.4, -0.2) is 65.9 Å². The van der Waals surface area contributed by atoms with Crippen LogP contribution < -0.4 is 5.73 Å². The van der Waals surface area contributed by atoms with Crippen molar-refractivity contribution >= 4 is 30.0 Å². The number of halogens is 1. The summed E-state index contributed by atoms with van der Waals surface area (Å²) < 4.78 is 0. The lowest BCUT2D eigenvalue weighted by molar-refractivity contribution is -0.131. The van der Waals surface area contributed by atoms with Crippen molar-refractivity contribution in [1.82, 2.24) is 14.7 Å². The second-order valence-corrected chi connectivity index (χ2v) is 5.74. The van der Waals surface area contributed by atoms with Gasteiger partial charge in [-0.1, -0.05) is 12.1 Å². The third-order valence-electron chi connectivity index (χ3n) is 4.27. The lowest BCUT2D eigenvalue weighted by Gasteiger charge is -2.37. The van der Waals surface area contributed by atoms with Crippen LogP contribution in [0.4, 0.5) is 10.5 Å². The second kappa shape index (κ2) is 9.37. The molecule has 1 saturated heterocycles. The summed E-state index contributed by atoms with van der Waals surface area (Å²) in [6, 6.07) is 7.45. The first-order valence-electron chi connectivity index (χ1n) is 8.21. The van der Waals surface area contributed by atoms with Crippen LogP contribution in [0.1, 0.15) is 19.4 Å². The summed E-state index contributed by atoms with van der Waals surface area (Å²) in [5.74, 6) is 0.102. The van der Waals surface area contributed by atoms with Gasteiger partial charge in [-0.05, 0) is 31.5 Å². The molecule has 0 aliphatic carbocycles. The number of anilines is 1. The summed E-state index contributed by atoms with van der Waals surface area (Å²) in [6.07, 6.45) is 0.379. The van der Waals surface area contributed by atoms with E-state index in [1.54, 1.807) is 0 Å². The minimum atomic E-state index is 0. The molecule has 0 saturated carbocycles. The first-order chi connectivity index (χ1) is 11.0. The van der Waals surface area contributed by atoms with E-state index in [0.29, 0.717) is 51.4 Å². The van der Waals surface area contributed by atoms with Crippen molar-refractivity contribution < 1.29 is 9.59 Å². The van der Waals surface area contributed by atoms with Crippen molar-refractivity contribution in [2.45, 2.75) is 20.3 Å². The van der Waals surface area contributed by atoms with E-state index < -0.39 is 0 Å². The summed E-state index contributed by atoms with van der Waals surface area (Å²) in [5.41, 5.74) is 7.32. The third-order valence-corrected chi connectivity index (χ3v) is 4.27. The van der Waals surface area contributed by atoms with Crippen LogP contribution in [0.25, 0.3) is 0 Å². The Balaban J connectivity index is 0.00000288. The standard InChI is InChI=1S/C17H26N4O2.ClH/c1-3-19(4-2)17(23)21-11-9-20(10-12-21)16(22)13-14-5-7-15(18)8-6-14;/h5-8H,3-4,9-13,18H2,1-2H3;1H. The zero-order chi connectivity index (χ0) is 16.8. The quantitative estimate of drug-likeness (QED) is 0.839. The summed E-state index contributed by atoms with van der Waals surface area (Å²) in [5, 5.41) is 0. The Hall–Kier alpha value is -1.95. The lowest BCUT2D eigenvalue weighted by Crippen LogP contribution is -2.54. The number of benzene rings is 1. The number of amides is 3. The molecule has 1 aliphatic rings. The number of hydrogen-bond donors (Lipinski definition) is 1. The van der Waals surface area contributed by atoms with Crippen molar-refractivity contribution in [2.24, 2.45) is 0 Å². The fourth-order valence-electron chi connectivity index (χ4n) is 2.76. The molecule has 2 N–H and O–H groups in total. The van der Waals surface area contributed by atoms with Gasteiger partial charge >= 0.3 is 6.03 Å². The van der Waals surface area contributed by atoms with Gasteiger partial charge in [0.2, 0.25) is 5.91 Å². The van der Waals surface area contributed by atoms with Gasteiger partial charge in [0.25, 0.3) is 0 Å². The van der Waals surface area contributed by atoms with Gasteiger partial charge in [0.15, 0.2) is 0 Å². The molecule has 3 amide bonds. The molecular weight excluding hydrogens is 328 g/mol. The van der Waals surface area contributed by atoms with Crippen LogP contribution in [0.2, 0.25) is 0 Å². The predicted molar refractivity (Wildman–Crippen MR) is 98.3 cm³/mol. The minimum Gasteiger partial charge on any atom is -0.399 e. The molecule has 0 radical (unpaired) electrons. The maximum absolute atomic E-state index is 12.4. The molecule has 1 fully saturated rings. The van der Waals surface area contributed by atoms with Gasteiger partial charge in [0.05, 0.1) is 6.42 Å². The van der Waals surface area contributed by atoms with Gasteiger partial charge < -0.3 is 20.4 Å². The average molecular weight is 355 g/mol. The lowest BCUT2D eigenvalue weighted by atomic mass is 10.1. The van der Waals surface area contributed by atoms with E-state index in [0.717, 1.165) is 5.56 Å². The molecule has 0 atom stereocenters. The molecule has 1 heterocycles. The Morgan fingerprint density at radius 2 is 1.50 bits per heavy atom. The van der Waals surface area contributed by atoms with E-state index in [4.69, 9.17) is 5.73 Å². The number of carbonyl (C=O) groups is 2. The van der Waals surface area contributed by atoms with Crippen molar-refractivity contribution in [3.8, 4) is 0 Å². The second-order valence-electron chi connectivity index (χ2n) is 5.74. The molecule has 2 rings (SSSR count). The maximum atomic E-state index is 12.4. The van der Waals surface area contributed by atoms with Crippen LogP contribution in [0, 0.1) is 0 Å². The van der Waals surface area contributed by atoms with E-state index >= 15 is 0 Å². The number of urea groups is 1. The summed E-state index contributed by atoms with van der Waals surface area (Å²) in [4.78, 5) is 30.1. The summed E-state index contributed by atoms with van der Waals surface area (Å²) in [6.45, 7) is 7.78. The van der Waals surface area contributed by atoms with Crippen LogP contribution in [0.5, 0.6) is 0 Å². The van der Waals surface area contributed by atoms with Crippen molar-refractivity contribution in [3.63, 3.8) is 0 Å². The van der Waals surface area contributed by atoms with Gasteiger partial charge in [-0.3, -0.25) is 4.79 Å². The molecular formula is C17H27ClN4O2. The highest BCUT2D eigenvalue weighted by Gasteiger charge is 2.26. The molecule has 0 bridgehead atoms. The molecule has 0 aromatic heterocycles. The Bertz CT molecular complexity index is 538. The molecule has 24 heavy (non-hydrogen) atoms. The van der Waals surface area contributed by atoms with Crippen molar-refractivity contribution in [3.05, 3.63) is 29.8 Å². The Morgan fingerprint density at radius 3 is 2.00 bits per heavy atom. The monoisotopic (exact) mass is 354 g/mol. The molecule has 6 nitrogen and oxygen atoms in total. The largest absolute Gasteiger partial charge is 0.399 e. The van der Waals surface area contributed by atoms with E-state index in [1.807, 2.05) is 52.8 Å². The van der Waals surface area contributed by atoms with Gasteiger partial charge in [0, 0.05) is 45.0 Å². The highest BCUT2D eigenvalue weighted by Crippen LogP contribution is 2.10. The number of rotatable bonds is 4. The SMILES string of the molecule is CCN(CC)C(=O)N1CCN(C(=O)Cc2ccc(N)cc2)CC1.Cl. The van der Waals surface area contributed by atoms with Gasteiger partial charge in [-0.15, -0.1) is 12.4 Å². The topological polar surface area (TPSA) is 69.9 Å². The van der Waals surface area contributed by atoms with Crippen LogP contribution in [0.3, 0.4) is 0 Å². The zero-order valence-electron chi connectivity index (χ0n) is 14.4. The fourth-order valence-corrected chi connectivity index (χ4v) is 2.76. The average Bonchev–Trinajstić information content (AvgIpc) is 2.58. The Kier molecular flexibility index (Phi) is 7.85. The Labute approximate surface area is 150 Å². The fraction of sp³-hybridized carbons (Fsp3) is 0.529. The van der Waals surface area contributed by atoms with E-state index in [9.17, 15) is 9.59 Å². The third kappa shape index (κ3) is 5.03. The Morgan fingerprint density at radius 1 is 1.00 bits per heavy atom. The van der Waals surface area contributed by atoms with Crippen molar-refractivity contribution in [1.29, 1.82) is 0 Å². The summed E-state index contributed by atoms with van der Waals surface area (Å²) in [7, 11) is 0. The predicted octanol–water partition coefficient (Wildman–Crippen LogP) is 1.84. The van der Waals surface area contributed by atoms with E-state index in [1.165, 1.54) is 0 Å². The normalized spacial score (nSPS) is 14.1. The maximum Gasteiger partial charge on any atom is 0.320 e. The number of nitrogens with two attached hydrogens (primary N) is 1. The van der Waals surface area contributed by atoms with Crippen LogP contribution in [0.15, 0.2) is 24.3 Å². The highest BCUT2D eigenvalue weighted by atomic mass is 35.5. The molecule has 1 aromatic rings. The number of piperazine rings is 1. The van der Waals surface area contributed by atoms with E-state index in [-0.39, 0.29) is 24.3 Å². The number of nitrogens with zero attached hydrogens (tertiary/aromatic N) is 3. The molecule has 0 unspecified atom stereocenters. The van der Waals surface area contributed by atoms with Crippen LogP contribution >= 0.6 is 12.4 Å². The molecule has 134 valence electrons. The highest BCUT2D eigenvalue weighted by molar-refractivity contribution is 5.85. The summed E-state index contributed by atoms with van der Waals surface area (Å²) >= 11 is 0. The van der Waals surface area contributed by atoms with Gasteiger partial charge in [0.1, 0.15) is 0 Å². The van der Waals surface area contributed by atoms with Gasteiger partial charge in [-0.25, -0.2) is 4.79 Å². The molecule has 1 aromatic carbocycles.